The van der Waals surface area contributed by atoms with Gasteiger partial charge in [0.25, 0.3) is 0 Å². The Labute approximate surface area is 146 Å². The first-order valence-corrected chi connectivity index (χ1v) is 7.08. The van der Waals surface area contributed by atoms with Crippen molar-refractivity contribution in [1.82, 2.24) is 0 Å². The standard InChI is InChI=1S/C19H19NS/c21-19(16-10-4-1-5-11-16)20(17-12-6-2-7-13-17)18-14-8-3-9-15-18/h2-3,6-10,12-15H,1,4-5,11H2/i2D,3D,6D,7D,8D,9D,12D,13D,14D,15D. The molecule has 0 amide bonds. The van der Waals surface area contributed by atoms with Gasteiger partial charge in [-0.15, -0.1) is 0 Å². The molecule has 0 N–H and O–H groups in total. The zero-order valence-corrected chi connectivity index (χ0v) is 12.1. The van der Waals surface area contributed by atoms with Crippen LogP contribution < -0.4 is 4.90 Å². The van der Waals surface area contributed by atoms with Crippen molar-refractivity contribution in [1.29, 1.82) is 0 Å². The summed E-state index contributed by atoms with van der Waals surface area (Å²) in [6.07, 6.45) is 4.98. The Morgan fingerprint density at radius 3 is 1.95 bits per heavy atom. The molecule has 0 saturated carbocycles. The van der Waals surface area contributed by atoms with Crippen LogP contribution >= 0.6 is 12.2 Å². The predicted molar refractivity (Wildman–Crippen MR) is 94.2 cm³/mol. The van der Waals surface area contributed by atoms with E-state index in [1.165, 1.54) is 0 Å². The van der Waals surface area contributed by atoms with Gasteiger partial charge in [0.1, 0.15) is 4.99 Å². The van der Waals surface area contributed by atoms with Crippen LogP contribution in [0.5, 0.6) is 0 Å². The summed E-state index contributed by atoms with van der Waals surface area (Å²) in [4.78, 5) is 1.10. The molecule has 3 rings (SSSR count). The maximum absolute atomic E-state index is 8.37. The van der Waals surface area contributed by atoms with E-state index >= 15 is 0 Å². The number of hydrogen-bond donors (Lipinski definition) is 0. The minimum absolute atomic E-state index is 0.0526. The van der Waals surface area contributed by atoms with Crippen molar-refractivity contribution in [2.75, 3.05) is 4.90 Å². The van der Waals surface area contributed by atoms with Crippen LogP contribution in [-0.4, -0.2) is 4.99 Å². The third-order valence-electron chi connectivity index (χ3n) is 3.19. The summed E-state index contributed by atoms with van der Waals surface area (Å²) >= 11 is 5.62. The van der Waals surface area contributed by atoms with Gasteiger partial charge in [0, 0.05) is 11.4 Å². The highest BCUT2D eigenvalue weighted by Crippen LogP contribution is 2.30. The first-order valence-electron chi connectivity index (χ1n) is 11.7. The molecule has 21 heavy (non-hydrogen) atoms. The van der Waals surface area contributed by atoms with Gasteiger partial charge in [0.05, 0.1) is 13.7 Å². The number of hydrogen-bond acceptors (Lipinski definition) is 1. The summed E-state index contributed by atoms with van der Waals surface area (Å²) in [6.45, 7) is 0. The van der Waals surface area contributed by atoms with Gasteiger partial charge in [-0.2, -0.15) is 0 Å². The van der Waals surface area contributed by atoms with E-state index in [1.807, 2.05) is 6.08 Å². The quantitative estimate of drug-likeness (QED) is 0.674. The van der Waals surface area contributed by atoms with Crippen LogP contribution in [0.4, 0.5) is 11.4 Å². The van der Waals surface area contributed by atoms with Crippen molar-refractivity contribution in [2.45, 2.75) is 25.7 Å². The van der Waals surface area contributed by atoms with Gasteiger partial charge in [-0.25, -0.2) is 0 Å². The molecule has 0 radical (unpaired) electrons. The molecule has 0 unspecified atom stereocenters. The Kier molecular flexibility index (Phi) is 2.05. The molecule has 0 spiro atoms. The Morgan fingerprint density at radius 2 is 1.48 bits per heavy atom. The molecule has 1 aliphatic carbocycles. The van der Waals surface area contributed by atoms with Crippen LogP contribution in [-0.2, 0) is 0 Å². The average Bonchev–Trinajstić information content (AvgIpc) is 2.78. The Morgan fingerprint density at radius 1 is 0.905 bits per heavy atom. The summed E-state index contributed by atoms with van der Waals surface area (Å²) in [5, 5.41) is 0. The number of benzene rings is 2. The molecule has 2 heteroatoms. The lowest BCUT2D eigenvalue weighted by Crippen LogP contribution is -2.26. The fourth-order valence-electron chi connectivity index (χ4n) is 2.20. The third kappa shape index (κ3) is 3.22. The minimum atomic E-state index is -0.603. The molecule has 0 heterocycles. The van der Waals surface area contributed by atoms with Gasteiger partial charge < -0.3 is 4.90 Å². The molecule has 0 aromatic heterocycles. The van der Waals surface area contributed by atoms with Gasteiger partial charge in [0.15, 0.2) is 0 Å². The summed E-state index contributed by atoms with van der Waals surface area (Å²) < 4.78 is 81.2. The fourth-order valence-corrected chi connectivity index (χ4v) is 2.57. The van der Waals surface area contributed by atoms with Crippen LogP contribution in [0.25, 0.3) is 0 Å². The highest BCUT2D eigenvalue weighted by atomic mass is 32.1. The molecule has 1 aliphatic rings. The zero-order valence-electron chi connectivity index (χ0n) is 21.3. The second-order valence-electron chi connectivity index (χ2n) is 4.56. The third-order valence-corrected chi connectivity index (χ3v) is 3.63. The van der Waals surface area contributed by atoms with Crippen molar-refractivity contribution < 1.29 is 13.7 Å². The number of nitrogens with zero attached hydrogens (tertiary/aromatic N) is 1. The topological polar surface area (TPSA) is 3.24 Å². The smallest absolute Gasteiger partial charge is 0.113 e. The maximum Gasteiger partial charge on any atom is 0.113 e. The number of rotatable bonds is 3. The molecule has 0 bridgehead atoms. The van der Waals surface area contributed by atoms with Crippen molar-refractivity contribution in [3.63, 3.8) is 0 Å². The van der Waals surface area contributed by atoms with Crippen LogP contribution in [0, 0.1) is 0 Å². The van der Waals surface area contributed by atoms with Gasteiger partial charge in [-0.3, -0.25) is 0 Å². The summed E-state index contributed by atoms with van der Waals surface area (Å²) in [5.74, 6) is 0. The van der Waals surface area contributed by atoms with Gasteiger partial charge in [-0.05, 0) is 55.4 Å². The highest BCUT2D eigenvalue weighted by Gasteiger charge is 2.18. The van der Waals surface area contributed by atoms with E-state index in [0.717, 1.165) is 24.2 Å². The lowest BCUT2D eigenvalue weighted by atomic mass is 9.98. The second-order valence-corrected chi connectivity index (χ2v) is 4.95. The molecular formula is C19H19NS. The molecular weight excluding hydrogens is 274 g/mol. The highest BCUT2D eigenvalue weighted by molar-refractivity contribution is 7.81. The average molecular weight is 303 g/mol. The van der Waals surface area contributed by atoms with Gasteiger partial charge in [-0.1, -0.05) is 54.5 Å². The Balaban J connectivity index is 2.43. The fraction of sp³-hybridized carbons (Fsp3) is 0.211. The van der Waals surface area contributed by atoms with Crippen molar-refractivity contribution in [3.8, 4) is 0 Å². The molecule has 0 aliphatic heterocycles. The van der Waals surface area contributed by atoms with Gasteiger partial charge in [0.2, 0.25) is 0 Å². The number of thiocarbonyl (C=S) groups is 1. The van der Waals surface area contributed by atoms with Gasteiger partial charge >= 0.3 is 0 Å². The van der Waals surface area contributed by atoms with E-state index in [4.69, 9.17) is 25.9 Å². The van der Waals surface area contributed by atoms with Crippen LogP contribution in [0.2, 0.25) is 0 Å². The van der Waals surface area contributed by atoms with E-state index in [-0.39, 0.29) is 16.4 Å². The summed E-state index contributed by atoms with van der Waals surface area (Å²) in [5.41, 5.74) is -0.0260. The van der Waals surface area contributed by atoms with E-state index in [0.29, 0.717) is 12.0 Å². The zero-order chi connectivity index (χ0) is 23.2. The van der Waals surface area contributed by atoms with Crippen molar-refractivity contribution in [3.05, 3.63) is 72.1 Å². The maximum atomic E-state index is 8.37. The number of anilines is 2. The molecule has 2 aromatic rings. The SMILES string of the molecule is [2H]c1c([2H])c([2H])c(N(C(=S)C2=CCCCC2)c2c([2H])c([2H])c([2H])c([2H])c2[2H])c([2H])c1[2H]. The van der Waals surface area contributed by atoms with Crippen LogP contribution in [0.1, 0.15) is 39.4 Å². The van der Waals surface area contributed by atoms with Crippen molar-refractivity contribution >= 4 is 28.6 Å². The second kappa shape index (κ2) is 6.68. The lowest BCUT2D eigenvalue weighted by Gasteiger charge is -2.28. The summed E-state index contributed by atoms with van der Waals surface area (Å²) in [6, 6.07) is -5.89. The van der Waals surface area contributed by atoms with E-state index < -0.39 is 60.4 Å². The first kappa shape index (κ1) is 6.45. The van der Waals surface area contributed by atoms with Crippen molar-refractivity contribution in [2.24, 2.45) is 0 Å². The molecule has 2 aromatic carbocycles. The molecule has 0 atom stereocenters. The van der Waals surface area contributed by atoms with Crippen LogP contribution in [0.15, 0.2) is 72.1 Å². The normalized spacial score (nSPS) is 21.0. The molecule has 1 nitrogen and oxygen atoms in total. The monoisotopic (exact) mass is 303 g/mol. The Hall–Kier alpha value is -1.93. The van der Waals surface area contributed by atoms with Crippen LogP contribution in [0.3, 0.4) is 0 Å². The number of para-hydroxylation sites is 2. The first-order chi connectivity index (χ1) is 14.5. The largest absolute Gasteiger partial charge is 0.301 e. The molecule has 0 fully saturated rings. The van der Waals surface area contributed by atoms with E-state index in [9.17, 15) is 0 Å². The van der Waals surface area contributed by atoms with E-state index in [1.54, 1.807) is 0 Å². The summed E-state index contributed by atoms with van der Waals surface area (Å²) in [7, 11) is 0. The Bertz CT molecular complexity index is 1000. The lowest BCUT2D eigenvalue weighted by molar-refractivity contribution is 0.717. The molecule has 106 valence electrons. The predicted octanol–water partition coefficient (Wildman–Crippen LogP) is 5.65. The minimum Gasteiger partial charge on any atom is -0.301 e. The number of allylic oxidation sites excluding steroid dienone is 1. The molecule has 0 saturated heterocycles. The van der Waals surface area contributed by atoms with E-state index in [2.05, 4.69) is 0 Å².